The molecule has 0 fully saturated rings. The zero-order chi connectivity index (χ0) is 19.4. The van der Waals surface area contributed by atoms with Crippen LogP contribution in [-0.2, 0) is 9.59 Å². The maximum absolute atomic E-state index is 12.0. The molecule has 1 aromatic heterocycles. The summed E-state index contributed by atoms with van der Waals surface area (Å²) in [5, 5.41) is 7.13. The molecule has 27 heavy (non-hydrogen) atoms. The molecule has 3 N–H and O–H groups in total. The van der Waals surface area contributed by atoms with Crippen molar-refractivity contribution in [3.05, 3.63) is 74.5 Å². The van der Waals surface area contributed by atoms with Gasteiger partial charge in [-0.15, -0.1) is 0 Å². The van der Waals surface area contributed by atoms with E-state index in [1.807, 2.05) is 12.1 Å². The number of halogens is 2. The Balaban J connectivity index is 1.68. The zero-order valence-electron chi connectivity index (χ0n) is 13.6. The number of nitrogens with zero attached hydrogens (tertiary/aromatic N) is 1. The van der Waals surface area contributed by atoms with E-state index in [0.29, 0.717) is 5.52 Å². The molecule has 0 bridgehead atoms. The first-order chi connectivity index (χ1) is 13.0. The number of rotatable bonds is 3. The average molecular weight is 403 g/mol. The predicted molar refractivity (Wildman–Crippen MR) is 105 cm³/mol. The van der Waals surface area contributed by atoms with E-state index in [1.165, 1.54) is 6.07 Å². The third kappa shape index (κ3) is 4.33. The first kappa shape index (κ1) is 18.6. The number of fused-ring (bicyclic) bond motifs is 1. The van der Waals surface area contributed by atoms with Crippen LogP contribution in [0.3, 0.4) is 0 Å². The third-order valence-corrected chi connectivity index (χ3v) is 4.38. The molecule has 0 aliphatic rings. The Bertz CT molecular complexity index is 1130. The van der Waals surface area contributed by atoms with E-state index in [0.717, 1.165) is 11.6 Å². The Morgan fingerprint density at radius 1 is 1.04 bits per heavy atom. The summed E-state index contributed by atoms with van der Waals surface area (Å²) in [5.41, 5.74) is 2.78. The van der Waals surface area contributed by atoms with E-state index < -0.39 is 11.8 Å². The molecule has 3 aromatic rings. The van der Waals surface area contributed by atoms with E-state index >= 15 is 0 Å². The van der Waals surface area contributed by atoms with Gasteiger partial charge in [0.25, 0.3) is 5.56 Å². The lowest BCUT2D eigenvalue weighted by molar-refractivity contribution is -0.136. The van der Waals surface area contributed by atoms with Crippen molar-refractivity contribution in [1.82, 2.24) is 10.4 Å². The molecular formula is C18H12Cl2N4O3. The predicted octanol–water partition coefficient (Wildman–Crippen LogP) is 2.92. The van der Waals surface area contributed by atoms with Crippen LogP contribution in [0.25, 0.3) is 10.9 Å². The van der Waals surface area contributed by atoms with Crippen molar-refractivity contribution >= 4 is 57.8 Å². The molecule has 0 atom stereocenters. The van der Waals surface area contributed by atoms with Gasteiger partial charge in [0, 0.05) is 5.52 Å². The highest BCUT2D eigenvalue weighted by molar-refractivity contribution is 6.45. The highest BCUT2D eigenvalue weighted by atomic mass is 35.5. The monoisotopic (exact) mass is 402 g/mol. The van der Waals surface area contributed by atoms with Gasteiger partial charge < -0.3 is 10.3 Å². The summed E-state index contributed by atoms with van der Waals surface area (Å²) in [4.78, 5) is 38.4. The van der Waals surface area contributed by atoms with Crippen LogP contribution in [0.15, 0.2) is 58.4 Å². The Kier molecular flexibility index (Phi) is 5.54. The van der Waals surface area contributed by atoms with Crippen LogP contribution in [0.5, 0.6) is 0 Å². The second-order valence-electron chi connectivity index (χ2n) is 5.40. The maximum atomic E-state index is 12.0. The fourth-order valence-electron chi connectivity index (χ4n) is 2.25. The number of aromatic nitrogens is 1. The summed E-state index contributed by atoms with van der Waals surface area (Å²) in [7, 11) is 0. The van der Waals surface area contributed by atoms with Gasteiger partial charge in [-0.1, -0.05) is 47.5 Å². The number of hydrogen-bond donors (Lipinski definition) is 3. The number of benzene rings is 2. The number of anilines is 1. The van der Waals surface area contributed by atoms with Crippen LogP contribution in [0.2, 0.25) is 10.0 Å². The van der Waals surface area contributed by atoms with Crippen LogP contribution in [0, 0.1) is 0 Å². The molecule has 0 aliphatic carbocycles. The van der Waals surface area contributed by atoms with Gasteiger partial charge in [-0.2, -0.15) is 5.10 Å². The molecule has 0 unspecified atom stereocenters. The number of hydrogen-bond acceptors (Lipinski definition) is 4. The Labute approximate surface area is 163 Å². The van der Waals surface area contributed by atoms with Gasteiger partial charge >= 0.3 is 11.8 Å². The molecule has 3 rings (SSSR count). The van der Waals surface area contributed by atoms with E-state index in [1.54, 1.807) is 30.3 Å². The number of pyridine rings is 1. The first-order valence-corrected chi connectivity index (χ1v) is 8.42. The summed E-state index contributed by atoms with van der Waals surface area (Å²) < 4.78 is 0. The third-order valence-electron chi connectivity index (χ3n) is 3.56. The zero-order valence-corrected chi connectivity index (χ0v) is 15.1. The molecule has 7 nitrogen and oxygen atoms in total. The number of amides is 2. The number of carbonyl (C=O) groups is 2. The highest BCUT2D eigenvalue weighted by Crippen LogP contribution is 2.29. The van der Waals surface area contributed by atoms with Crippen LogP contribution in [-0.4, -0.2) is 23.0 Å². The molecule has 136 valence electrons. The van der Waals surface area contributed by atoms with Gasteiger partial charge in [0.15, 0.2) is 0 Å². The Morgan fingerprint density at radius 3 is 2.63 bits per heavy atom. The minimum atomic E-state index is -1.03. The van der Waals surface area contributed by atoms with E-state index in [-0.39, 0.29) is 26.9 Å². The molecule has 2 amide bonds. The number of para-hydroxylation sites is 1. The van der Waals surface area contributed by atoms with Crippen LogP contribution >= 0.6 is 23.2 Å². The molecule has 0 aliphatic heterocycles. The van der Waals surface area contributed by atoms with Crippen molar-refractivity contribution in [2.45, 2.75) is 0 Å². The highest BCUT2D eigenvalue weighted by Gasteiger charge is 2.15. The smallest absolute Gasteiger partial charge is 0.321 e. The van der Waals surface area contributed by atoms with Gasteiger partial charge in [0.2, 0.25) is 0 Å². The minimum absolute atomic E-state index is 0.117. The normalized spacial score (nSPS) is 10.9. The van der Waals surface area contributed by atoms with Crippen LogP contribution in [0.4, 0.5) is 5.69 Å². The van der Waals surface area contributed by atoms with Crippen molar-refractivity contribution in [3.63, 3.8) is 0 Å². The number of H-pyrrole nitrogens is 1. The van der Waals surface area contributed by atoms with Gasteiger partial charge in [0.05, 0.1) is 27.5 Å². The summed E-state index contributed by atoms with van der Waals surface area (Å²) in [6.07, 6.45) is 1.16. The fourth-order valence-corrected chi connectivity index (χ4v) is 2.60. The molecule has 0 saturated heterocycles. The average Bonchev–Trinajstić information content (AvgIpc) is 2.65. The fraction of sp³-hybridized carbons (Fsp3) is 0. The van der Waals surface area contributed by atoms with E-state index in [2.05, 4.69) is 20.8 Å². The summed E-state index contributed by atoms with van der Waals surface area (Å²) in [5.74, 6) is -2.01. The molecule has 0 radical (unpaired) electrons. The Hall–Kier alpha value is -3.16. The molecule has 0 saturated carbocycles. The molecular weight excluding hydrogens is 391 g/mol. The van der Waals surface area contributed by atoms with Crippen molar-refractivity contribution < 1.29 is 9.59 Å². The van der Waals surface area contributed by atoms with Gasteiger partial charge in [-0.25, -0.2) is 5.43 Å². The minimum Gasteiger partial charge on any atom is -0.321 e. The molecule has 1 heterocycles. The van der Waals surface area contributed by atoms with Gasteiger partial charge in [-0.05, 0) is 29.7 Å². The topological polar surface area (TPSA) is 103 Å². The SMILES string of the molecule is O=C(NN=Cc1cc2ccccc2[nH]c1=O)C(=O)Nc1cccc(Cl)c1Cl. The lowest BCUT2D eigenvalue weighted by Crippen LogP contribution is -2.32. The molecule has 9 heteroatoms. The van der Waals surface area contributed by atoms with Gasteiger partial charge in [0.1, 0.15) is 0 Å². The quantitative estimate of drug-likeness (QED) is 0.356. The standard InChI is InChI=1S/C18H12Cl2N4O3/c19-12-5-3-7-14(15(12)20)23-17(26)18(27)24-21-9-11-8-10-4-1-2-6-13(10)22-16(11)25/h1-9H,(H,22,25)(H,23,26)(H,24,27). The van der Waals surface area contributed by atoms with E-state index in [4.69, 9.17) is 23.2 Å². The number of nitrogens with one attached hydrogen (secondary N) is 3. The molecule has 2 aromatic carbocycles. The first-order valence-electron chi connectivity index (χ1n) is 7.66. The lowest BCUT2D eigenvalue weighted by atomic mass is 10.2. The summed E-state index contributed by atoms with van der Waals surface area (Å²) in [6, 6.07) is 13.5. The second kappa shape index (κ2) is 8.03. The number of carbonyl (C=O) groups excluding carboxylic acids is 2. The van der Waals surface area contributed by atoms with Crippen molar-refractivity contribution in [2.24, 2.45) is 5.10 Å². The lowest BCUT2D eigenvalue weighted by Gasteiger charge is -2.06. The van der Waals surface area contributed by atoms with Crippen molar-refractivity contribution in [2.75, 3.05) is 5.32 Å². The molecule has 0 spiro atoms. The van der Waals surface area contributed by atoms with Gasteiger partial charge in [-0.3, -0.25) is 14.4 Å². The van der Waals surface area contributed by atoms with Crippen molar-refractivity contribution in [3.8, 4) is 0 Å². The second-order valence-corrected chi connectivity index (χ2v) is 6.18. The van der Waals surface area contributed by atoms with Crippen LogP contribution in [0.1, 0.15) is 5.56 Å². The van der Waals surface area contributed by atoms with Crippen molar-refractivity contribution in [1.29, 1.82) is 0 Å². The van der Waals surface area contributed by atoms with E-state index in [9.17, 15) is 14.4 Å². The van der Waals surface area contributed by atoms with Crippen LogP contribution < -0.4 is 16.3 Å². The number of hydrazone groups is 1. The summed E-state index contributed by atoms with van der Waals surface area (Å²) in [6.45, 7) is 0. The Morgan fingerprint density at radius 2 is 1.81 bits per heavy atom. The maximum Gasteiger partial charge on any atom is 0.329 e. The largest absolute Gasteiger partial charge is 0.329 e. The number of aromatic amines is 1. The summed E-state index contributed by atoms with van der Waals surface area (Å²) >= 11 is 11.8.